The van der Waals surface area contributed by atoms with Crippen LogP contribution in [0.25, 0.3) is 17.4 Å². The molecule has 0 spiro atoms. The summed E-state index contributed by atoms with van der Waals surface area (Å²) < 4.78 is 10.1. The van der Waals surface area contributed by atoms with Gasteiger partial charge in [-0.15, -0.1) is 0 Å². The number of carbonyl (C=O) groups excluding carboxylic acids is 1. The lowest BCUT2D eigenvalue weighted by atomic mass is 10.2. The largest absolute Gasteiger partial charge is 0.466 e. The Kier molecular flexibility index (Phi) is 4.30. The summed E-state index contributed by atoms with van der Waals surface area (Å²) in [4.78, 5) is 11.0. The Labute approximate surface area is 120 Å². The molecule has 98 valence electrons. The number of hydrogen-bond acceptors (Lipinski definition) is 3. The molecule has 0 aliphatic rings. The number of ether oxygens (including phenoxy) is 1. The molecular weight excluding hydrogens is 287 g/mol. The minimum atomic E-state index is -0.438. The van der Waals surface area contributed by atoms with E-state index in [9.17, 15) is 4.79 Å². The van der Waals surface area contributed by atoms with Gasteiger partial charge in [-0.2, -0.15) is 0 Å². The van der Waals surface area contributed by atoms with Gasteiger partial charge in [-0.25, -0.2) is 4.79 Å². The Morgan fingerprint density at radius 1 is 1.21 bits per heavy atom. The zero-order valence-electron chi connectivity index (χ0n) is 10.0. The van der Waals surface area contributed by atoms with E-state index in [1.807, 2.05) is 0 Å². The van der Waals surface area contributed by atoms with Crippen LogP contribution in [0.5, 0.6) is 0 Å². The fraction of sp³-hybridized carbons (Fsp3) is 0.0714. The number of furan rings is 1. The second-order valence-electron chi connectivity index (χ2n) is 3.69. The van der Waals surface area contributed by atoms with Crippen LogP contribution < -0.4 is 0 Å². The van der Waals surface area contributed by atoms with Crippen LogP contribution in [0, 0.1) is 0 Å². The third kappa shape index (κ3) is 3.40. The van der Waals surface area contributed by atoms with Crippen molar-refractivity contribution >= 4 is 35.2 Å². The van der Waals surface area contributed by atoms with E-state index in [0.717, 1.165) is 5.56 Å². The van der Waals surface area contributed by atoms with Crippen molar-refractivity contribution in [3.8, 4) is 11.3 Å². The van der Waals surface area contributed by atoms with Gasteiger partial charge in [-0.1, -0.05) is 23.2 Å². The number of methoxy groups -OCH3 is 1. The van der Waals surface area contributed by atoms with E-state index in [-0.39, 0.29) is 0 Å². The van der Waals surface area contributed by atoms with E-state index in [4.69, 9.17) is 27.6 Å². The minimum absolute atomic E-state index is 0.438. The van der Waals surface area contributed by atoms with Crippen LogP contribution >= 0.6 is 23.2 Å². The molecule has 0 aliphatic carbocycles. The Balaban J connectivity index is 2.23. The van der Waals surface area contributed by atoms with Crippen LogP contribution in [-0.4, -0.2) is 13.1 Å². The molecule has 1 aromatic heterocycles. The third-order valence-electron chi connectivity index (χ3n) is 2.42. The highest BCUT2D eigenvalue weighted by molar-refractivity contribution is 6.42. The second kappa shape index (κ2) is 5.95. The highest BCUT2D eigenvalue weighted by atomic mass is 35.5. The number of rotatable bonds is 3. The minimum Gasteiger partial charge on any atom is -0.466 e. The predicted octanol–water partition coefficient (Wildman–Crippen LogP) is 4.44. The summed E-state index contributed by atoms with van der Waals surface area (Å²) in [6.45, 7) is 0. The average molecular weight is 297 g/mol. The summed E-state index contributed by atoms with van der Waals surface area (Å²) in [6, 6.07) is 8.76. The van der Waals surface area contributed by atoms with Gasteiger partial charge >= 0.3 is 5.97 Å². The summed E-state index contributed by atoms with van der Waals surface area (Å²) >= 11 is 11.8. The molecule has 0 saturated carbocycles. The molecule has 19 heavy (non-hydrogen) atoms. The predicted molar refractivity (Wildman–Crippen MR) is 75.2 cm³/mol. The maximum absolute atomic E-state index is 11.0. The van der Waals surface area contributed by atoms with Crippen LogP contribution in [-0.2, 0) is 9.53 Å². The number of esters is 1. The van der Waals surface area contributed by atoms with Crippen LogP contribution in [0.15, 0.2) is 40.8 Å². The topological polar surface area (TPSA) is 39.4 Å². The number of hydrogen-bond donors (Lipinski definition) is 0. The normalized spacial score (nSPS) is 10.9. The summed E-state index contributed by atoms with van der Waals surface area (Å²) in [7, 11) is 1.32. The van der Waals surface area contributed by atoms with Crippen molar-refractivity contribution in [2.75, 3.05) is 7.11 Å². The van der Waals surface area contributed by atoms with Gasteiger partial charge in [0.15, 0.2) is 0 Å². The molecule has 3 nitrogen and oxygen atoms in total. The third-order valence-corrected chi connectivity index (χ3v) is 3.15. The number of benzene rings is 1. The molecule has 0 radical (unpaired) electrons. The van der Waals surface area contributed by atoms with E-state index < -0.39 is 5.97 Å². The van der Waals surface area contributed by atoms with Crippen molar-refractivity contribution in [2.24, 2.45) is 0 Å². The Morgan fingerprint density at radius 2 is 2.00 bits per heavy atom. The number of halogens is 2. The van der Waals surface area contributed by atoms with Crippen LogP contribution in [0.1, 0.15) is 5.76 Å². The highest BCUT2D eigenvalue weighted by Gasteiger charge is 2.06. The molecule has 0 aliphatic heterocycles. The Morgan fingerprint density at radius 3 is 2.68 bits per heavy atom. The molecule has 0 saturated heterocycles. The summed E-state index contributed by atoms with van der Waals surface area (Å²) in [5, 5.41) is 0.949. The first-order chi connectivity index (χ1) is 9.10. The van der Waals surface area contributed by atoms with Crippen molar-refractivity contribution in [3.05, 3.63) is 52.2 Å². The van der Waals surface area contributed by atoms with Gasteiger partial charge < -0.3 is 9.15 Å². The van der Waals surface area contributed by atoms with Gasteiger partial charge in [-0.3, -0.25) is 0 Å². The standard InChI is InChI=1S/C14H10Cl2O3/c1-18-14(17)7-4-10-3-6-13(19-10)9-2-5-11(15)12(16)8-9/h2-8H,1H3/b7-4+. The SMILES string of the molecule is COC(=O)/C=C/c1ccc(-c2ccc(Cl)c(Cl)c2)o1. The number of carbonyl (C=O) groups is 1. The monoisotopic (exact) mass is 296 g/mol. The maximum atomic E-state index is 11.0. The van der Waals surface area contributed by atoms with Crippen molar-refractivity contribution in [2.45, 2.75) is 0 Å². The smallest absolute Gasteiger partial charge is 0.330 e. The van der Waals surface area contributed by atoms with Crippen molar-refractivity contribution in [3.63, 3.8) is 0 Å². The molecule has 0 fully saturated rings. The lowest BCUT2D eigenvalue weighted by Crippen LogP contribution is -1.92. The molecular formula is C14H10Cl2O3. The first kappa shape index (κ1) is 13.7. The van der Waals surface area contributed by atoms with Gasteiger partial charge in [0.05, 0.1) is 17.2 Å². The van der Waals surface area contributed by atoms with Crippen molar-refractivity contribution in [1.82, 2.24) is 0 Å². The molecule has 0 N–H and O–H groups in total. The summed E-state index contributed by atoms with van der Waals surface area (Å²) in [5.74, 6) is 0.752. The molecule has 0 bridgehead atoms. The Hall–Kier alpha value is -1.71. The van der Waals surface area contributed by atoms with E-state index in [1.165, 1.54) is 19.3 Å². The molecule has 2 rings (SSSR count). The zero-order valence-corrected chi connectivity index (χ0v) is 11.5. The maximum Gasteiger partial charge on any atom is 0.330 e. The lowest BCUT2D eigenvalue weighted by molar-refractivity contribution is -0.134. The molecule has 2 aromatic rings. The van der Waals surface area contributed by atoms with E-state index in [2.05, 4.69) is 4.74 Å². The van der Waals surface area contributed by atoms with Gasteiger partial charge in [-0.05, 0) is 36.4 Å². The quantitative estimate of drug-likeness (QED) is 0.621. The summed E-state index contributed by atoms with van der Waals surface area (Å²) in [5.41, 5.74) is 0.812. The molecule has 1 aromatic carbocycles. The van der Waals surface area contributed by atoms with Crippen LogP contribution in [0.2, 0.25) is 10.0 Å². The molecule has 0 atom stereocenters. The fourth-order valence-electron chi connectivity index (χ4n) is 1.47. The molecule has 0 unspecified atom stereocenters. The van der Waals surface area contributed by atoms with Crippen molar-refractivity contribution < 1.29 is 13.9 Å². The van der Waals surface area contributed by atoms with Gasteiger partial charge in [0, 0.05) is 11.6 Å². The van der Waals surface area contributed by atoms with E-state index in [0.29, 0.717) is 21.6 Å². The second-order valence-corrected chi connectivity index (χ2v) is 4.50. The molecule has 5 heteroatoms. The first-order valence-corrected chi connectivity index (χ1v) is 6.17. The van der Waals surface area contributed by atoms with Crippen LogP contribution in [0.4, 0.5) is 0 Å². The molecule has 0 amide bonds. The fourth-order valence-corrected chi connectivity index (χ4v) is 1.76. The van der Waals surface area contributed by atoms with Gasteiger partial charge in [0.25, 0.3) is 0 Å². The zero-order chi connectivity index (χ0) is 13.8. The van der Waals surface area contributed by atoms with E-state index in [1.54, 1.807) is 30.3 Å². The highest BCUT2D eigenvalue weighted by Crippen LogP contribution is 2.29. The van der Waals surface area contributed by atoms with Crippen molar-refractivity contribution in [1.29, 1.82) is 0 Å². The molecule has 1 heterocycles. The first-order valence-electron chi connectivity index (χ1n) is 5.41. The Bertz CT molecular complexity index is 629. The average Bonchev–Trinajstić information content (AvgIpc) is 2.88. The van der Waals surface area contributed by atoms with Gasteiger partial charge in [0.1, 0.15) is 11.5 Å². The summed E-state index contributed by atoms with van der Waals surface area (Å²) in [6.07, 6.45) is 2.82. The van der Waals surface area contributed by atoms with E-state index >= 15 is 0 Å². The van der Waals surface area contributed by atoms with Crippen LogP contribution in [0.3, 0.4) is 0 Å². The van der Waals surface area contributed by atoms with Gasteiger partial charge in [0.2, 0.25) is 0 Å². The lowest BCUT2D eigenvalue weighted by Gasteiger charge is -1.99.